The molecule has 0 aliphatic rings. The van der Waals surface area contributed by atoms with Gasteiger partial charge in [-0.25, -0.2) is 9.18 Å². The molecule has 1 N–H and O–H groups in total. The number of hydrogen-bond acceptors (Lipinski definition) is 2. The molecule has 0 aliphatic carbocycles. The Kier molecular flexibility index (Phi) is 2.97. The van der Waals surface area contributed by atoms with Crippen molar-refractivity contribution in [1.29, 1.82) is 5.26 Å². The first-order chi connectivity index (χ1) is 6.63. The Hall–Kier alpha value is -2.15. The van der Waals surface area contributed by atoms with Gasteiger partial charge in [-0.15, -0.1) is 0 Å². The minimum absolute atomic E-state index is 0.00231. The van der Waals surface area contributed by atoms with Gasteiger partial charge in [0.05, 0.1) is 5.57 Å². The van der Waals surface area contributed by atoms with Crippen LogP contribution in [0.25, 0.3) is 5.57 Å². The van der Waals surface area contributed by atoms with E-state index in [0.29, 0.717) is 5.56 Å². The number of halogens is 1. The van der Waals surface area contributed by atoms with E-state index in [4.69, 9.17) is 10.4 Å². The van der Waals surface area contributed by atoms with E-state index in [9.17, 15) is 9.18 Å². The molecule has 0 radical (unpaired) electrons. The number of carbonyl (C=O) groups is 1. The molecule has 3 nitrogen and oxygen atoms in total. The Morgan fingerprint density at radius 3 is 2.43 bits per heavy atom. The first-order valence-electron chi connectivity index (χ1n) is 3.74. The Labute approximate surface area is 79.7 Å². The molecule has 0 spiro atoms. The molecule has 0 amide bonds. The van der Waals surface area contributed by atoms with Crippen LogP contribution in [0.15, 0.2) is 30.3 Å². The molecule has 0 bridgehead atoms. The predicted molar refractivity (Wildman–Crippen MR) is 47.6 cm³/mol. The van der Waals surface area contributed by atoms with Crippen molar-refractivity contribution < 1.29 is 14.3 Å². The molecular weight excluding hydrogens is 185 g/mol. The third-order valence-electron chi connectivity index (χ3n) is 1.54. The van der Waals surface area contributed by atoms with Gasteiger partial charge in [-0.05, 0) is 17.7 Å². The van der Waals surface area contributed by atoms with Crippen molar-refractivity contribution in [2.24, 2.45) is 0 Å². The van der Waals surface area contributed by atoms with Crippen molar-refractivity contribution >= 4 is 11.5 Å². The highest BCUT2D eigenvalue weighted by Gasteiger charge is 2.02. The molecule has 0 saturated carbocycles. The topological polar surface area (TPSA) is 61.1 Å². The normalized spacial score (nSPS) is 10.7. The Morgan fingerprint density at radius 2 is 2.00 bits per heavy atom. The Balaban J connectivity index is 3.09. The highest BCUT2D eigenvalue weighted by molar-refractivity contribution is 5.94. The Bertz CT molecular complexity index is 415. The quantitative estimate of drug-likeness (QED) is 0.572. The van der Waals surface area contributed by atoms with Crippen molar-refractivity contribution in [3.63, 3.8) is 0 Å². The second-order valence-corrected chi connectivity index (χ2v) is 2.51. The fourth-order valence-corrected chi connectivity index (χ4v) is 0.933. The van der Waals surface area contributed by atoms with Gasteiger partial charge in [0.2, 0.25) is 0 Å². The second-order valence-electron chi connectivity index (χ2n) is 2.51. The fourth-order valence-electron chi connectivity index (χ4n) is 0.933. The number of carboxylic acid groups (broad SMARTS) is 1. The van der Waals surface area contributed by atoms with E-state index in [0.717, 1.165) is 6.08 Å². The van der Waals surface area contributed by atoms with E-state index in [1.165, 1.54) is 24.3 Å². The van der Waals surface area contributed by atoms with Gasteiger partial charge in [0.25, 0.3) is 0 Å². The molecule has 0 fully saturated rings. The summed E-state index contributed by atoms with van der Waals surface area (Å²) >= 11 is 0. The zero-order chi connectivity index (χ0) is 10.6. The number of nitriles is 1. The van der Waals surface area contributed by atoms with Crippen LogP contribution >= 0.6 is 0 Å². The van der Waals surface area contributed by atoms with Crippen molar-refractivity contribution in [1.82, 2.24) is 0 Å². The van der Waals surface area contributed by atoms with Crippen molar-refractivity contribution in [2.45, 2.75) is 0 Å². The number of allylic oxidation sites excluding steroid dienone is 1. The first-order valence-corrected chi connectivity index (χ1v) is 3.74. The molecule has 1 aromatic carbocycles. The van der Waals surface area contributed by atoms with Crippen LogP contribution in [0, 0.1) is 17.1 Å². The summed E-state index contributed by atoms with van der Waals surface area (Å²) in [4.78, 5) is 10.3. The lowest BCUT2D eigenvalue weighted by molar-refractivity contribution is -0.131. The summed E-state index contributed by atoms with van der Waals surface area (Å²) < 4.78 is 12.5. The summed E-state index contributed by atoms with van der Waals surface area (Å²) in [5.74, 6) is -1.63. The average Bonchev–Trinajstić information content (AvgIpc) is 2.15. The average molecular weight is 191 g/mol. The van der Waals surface area contributed by atoms with E-state index < -0.39 is 11.8 Å². The number of rotatable bonds is 2. The van der Waals surface area contributed by atoms with Crippen molar-refractivity contribution in [3.8, 4) is 6.07 Å². The third kappa shape index (κ3) is 2.42. The van der Waals surface area contributed by atoms with Crippen LogP contribution < -0.4 is 0 Å². The molecule has 0 heterocycles. The molecule has 14 heavy (non-hydrogen) atoms. The molecule has 70 valence electrons. The number of nitrogens with zero attached hydrogens (tertiary/aromatic N) is 1. The van der Waals surface area contributed by atoms with Gasteiger partial charge >= 0.3 is 5.97 Å². The molecule has 1 aromatic rings. The third-order valence-corrected chi connectivity index (χ3v) is 1.54. The molecule has 4 heteroatoms. The fraction of sp³-hybridized carbons (Fsp3) is 0. The SMILES string of the molecule is N#CC(=CC(=O)O)c1ccc(F)cc1. The zero-order valence-corrected chi connectivity index (χ0v) is 7.07. The van der Waals surface area contributed by atoms with Gasteiger partial charge in [-0.3, -0.25) is 0 Å². The molecule has 0 aliphatic heterocycles. The van der Waals surface area contributed by atoms with E-state index in [1.807, 2.05) is 0 Å². The maximum Gasteiger partial charge on any atom is 0.329 e. The number of hydrogen-bond donors (Lipinski definition) is 1. The van der Waals surface area contributed by atoms with Crippen LogP contribution in [0.4, 0.5) is 4.39 Å². The van der Waals surface area contributed by atoms with Crippen molar-refractivity contribution in [3.05, 3.63) is 41.7 Å². The van der Waals surface area contributed by atoms with Crippen LogP contribution in [0.1, 0.15) is 5.56 Å². The summed E-state index contributed by atoms with van der Waals surface area (Å²) in [5.41, 5.74) is 0.383. The summed E-state index contributed by atoms with van der Waals surface area (Å²) in [6, 6.07) is 6.77. The van der Waals surface area contributed by atoms with Gasteiger partial charge in [-0.1, -0.05) is 12.1 Å². The largest absolute Gasteiger partial charge is 0.478 e. The predicted octanol–water partition coefficient (Wildman–Crippen LogP) is 1.82. The highest BCUT2D eigenvalue weighted by atomic mass is 19.1. The lowest BCUT2D eigenvalue weighted by atomic mass is 10.1. The van der Waals surface area contributed by atoms with Gasteiger partial charge in [-0.2, -0.15) is 5.26 Å². The van der Waals surface area contributed by atoms with Crippen LogP contribution in [0.3, 0.4) is 0 Å². The molecular formula is C10H6FNO2. The first kappa shape index (κ1) is 9.93. The van der Waals surface area contributed by atoms with E-state index in [1.54, 1.807) is 6.07 Å². The minimum atomic E-state index is -1.20. The molecule has 1 rings (SSSR count). The smallest absolute Gasteiger partial charge is 0.329 e. The lowest BCUT2D eigenvalue weighted by Gasteiger charge is -1.96. The molecule has 0 aromatic heterocycles. The van der Waals surface area contributed by atoms with E-state index in [-0.39, 0.29) is 5.57 Å². The van der Waals surface area contributed by atoms with Gasteiger partial charge in [0.15, 0.2) is 0 Å². The lowest BCUT2D eigenvalue weighted by Crippen LogP contribution is -1.91. The van der Waals surface area contributed by atoms with E-state index in [2.05, 4.69) is 0 Å². The summed E-state index contributed by atoms with van der Waals surface area (Å²) in [6.45, 7) is 0. The van der Waals surface area contributed by atoms with Crippen LogP contribution in [-0.4, -0.2) is 11.1 Å². The maximum absolute atomic E-state index is 12.5. The summed E-state index contributed by atoms with van der Waals surface area (Å²) in [6.07, 6.45) is 0.785. The maximum atomic E-state index is 12.5. The molecule has 0 atom stereocenters. The van der Waals surface area contributed by atoms with Gasteiger partial charge < -0.3 is 5.11 Å². The monoisotopic (exact) mass is 191 g/mol. The van der Waals surface area contributed by atoms with Crippen LogP contribution in [-0.2, 0) is 4.79 Å². The molecule has 0 saturated heterocycles. The highest BCUT2D eigenvalue weighted by Crippen LogP contribution is 2.13. The standard InChI is InChI=1S/C10H6FNO2/c11-9-3-1-7(2-4-9)8(6-12)5-10(13)14/h1-5H,(H,13,14). The van der Waals surface area contributed by atoms with Gasteiger partial charge in [0, 0.05) is 6.08 Å². The Morgan fingerprint density at radius 1 is 1.43 bits per heavy atom. The summed E-state index contributed by atoms with van der Waals surface area (Å²) in [7, 11) is 0. The number of carboxylic acids is 1. The number of benzene rings is 1. The zero-order valence-electron chi connectivity index (χ0n) is 7.07. The number of aliphatic carboxylic acids is 1. The van der Waals surface area contributed by atoms with Crippen LogP contribution in [0.2, 0.25) is 0 Å². The second kappa shape index (κ2) is 4.19. The molecule has 0 unspecified atom stereocenters. The van der Waals surface area contributed by atoms with Crippen molar-refractivity contribution in [2.75, 3.05) is 0 Å². The summed E-state index contributed by atoms with van der Waals surface area (Å²) in [5, 5.41) is 17.1. The van der Waals surface area contributed by atoms with Crippen LogP contribution in [0.5, 0.6) is 0 Å². The van der Waals surface area contributed by atoms with Gasteiger partial charge in [0.1, 0.15) is 11.9 Å². The minimum Gasteiger partial charge on any atom is -0.478 e. The van der Waals surface area contributed by atoms with E-state index >= 15 is 0 Å².